The number of carbonyl (C=O) groups excluding carboxylic acids is 1. The normalized spacial score (nSPS) is 10.7. The van der Waals surface area contributed by atoms with E-state index < -0.39 is 0 Å². The molecule has 0 aliphatic rings. The summed E-state index contributed by atoms with van der Waals surface area (Å²) in [4.78, 5) is 15.7. The number of hydrogen-bond donors (Lipinski definition) is 1. The quantitative estimate of drug-likeness (QED) is 0.827. The molecule has 2 nitrogen and oxygen atoms in total. The maximum absolute atomic E-state index is 12.5. The lowest BCUT2D eigenvalue weighted by Gasteiger charge is -2.03. The first-order chi connectivity index (χ1) is 8.40. The molecule has 94 valence electrons. The summed E-state index contributed by atoms with van der Waals surface area (Å²) in [5, 5.41) is 0. The fourth-order valence-electron chi connectivity index (χ4n) is 2.08. The number of aryl methyl sites for hydroxylation is 2. The Hall–Kier alpha value is -1.35. The van der Waals surface area contributed by atoms with E-state index in [0.717, 1.165) is 26.9 Å². The van der Waals surface area contributed by atoms with Crippen molar-refractivity contribution < 1.29 is 4.79 Å². The summed E-state index contributed by atoms with van der Waals surface area (Å²) >= 11 is 3.43. The van der Waals surface area contributed by atoms with Gasteiger partial charge in [0.2, 0.25) is 5.78 Å². The van der Waals surface area contributed by atoms with Crippen LogP contribution in [-0.2, 0) is 0 Å². The SMILES string of the molecule is Cc1cc(Br)cc(C(=O)c2[nH]c(C)c(C)c2C)c1. The highest BCUT2D eigenvalue weighted by atomic mass is 79.9. The molecule has 0 atom stereocenters. The van der Waals surface area contributed by atoms with Crippen LogP contribution in [0.2, 0.25) is 0 Å². The summed E-state index contributed by atoms with van der Waals surface area (Å²) in [6.45, 7) is 7.99. The highest BCUT2D eigenvalue weighted by molar-refractivity contribution is 9.10. The molecule has 1 heterocycles. The lowest BCUT2D eigenvalue weighted by molar-refractivity contribution is 0.103. The summed E-state index contributed by atoms with van der Waals surface area (Å²) in [7, 11) is 0. The number of rotatable bonds is 2. The average Bonchev–Trinajstić information content (AvgIpc) is 2.55. The predicted molar refractivity (Wildman–Crippen MR) is 77.3 cm³/mol. The van der Waals surface area contributed by atoms with E-state index in [2.05, 4.69) is 20.9 Å². The van der Waals surface area contributed by atoms with Crippen molar-refractivity contribution in [2.24, 2.45) is 0 Å². The van der Waals surface area contributed by atoms with Crippen LogP contribution in [0.5, 0.6) is 0 Å². The molecule has 0 aliphatic heterocycles. The topological polar surface area (TPSA) is 32.9 Å². The minimum absolute atomic E-state index is 0.0492. The van der Waals surface area contributed by atoms with Crippen LogP contribution in [0.4, 0.5) is 0 Å². The molecule has 3 heteroatoms. The monoisotopic (exact) mass is 305 g/mol. The van der Waals surface area contributed by atoms with Crippen LogP contribution in [0.3, 0.4) is 0 Å². The van der Waals surface area contributed by atoms with E-state index in [9.17, 15) is 4.79 Å². The largest absolute Gasteiger partial charge is 0.356 e. The van der Waals surface area contributed by atoms with Crippen molar-refractivity contribution in [2.45, 2.75) is 27.7 Å². The van der Waals surface area contributed by atoms with Gasteiger partial charge in [-0.3, -0.25) is 4.79 Å². The zero-order valence-corrected chi connectivity index (χ0v) is 12.6. The molecule has 1 aromatic heterocycles. The van der Waals surface area contributed by atoms with Gasteiger partial charge in [0.15, 0.2) is 0 Å². The third-order valence-corrected chi connectivity index (χ3v) is 3.80. The molecule has 1 N–H and O–H groups in total. The molecular weight excluding hydrogens is 290 g/mol. The minimum Gasteiger partial charge on any atom is -0.356 e. The second-order valence-corrected chi connectivity index (χ2v) is 5.64. The molecule has 0 bridgehead atoms. The van der Waals surface area contributed by atoms with E-state index in [1.807, 2.05) is 45.9 Å². The highest BCUT2D eigenvalue weighted by Crippen LogP contribution is 2.22. The summed E-state index contributed by atoms with van der Waals surface area (Å²) in [6, 6.07) is 5.77. The molecule has 0 saturated heterocycles. The van der Waals surface area contributed by atoms with Gasteiger partial charge in [0.05, 0.1) is 5.69 Å². The number of halogens is 1. The van der Waals surface area contributed by atoms with Gasteiger partial charge in [0.1, 0.15) is 0 Å². The van der Waals surface area contributed by atoms with Gasteiger partial charge in [0.25, 0.3) is 0 Å². The van der Waals surface area contributed by atoms with Crippen LogP contribution < -0.4 is 0 Å². The Balaban J connectivity index is 2.51. The number of carbonyl (C=O) groups is 1. The lowest BCUT2D eigenvalue weighted by atomic mass is 10.0. The Kier molecular flexibility index (Phi) is 3.44. The molecular formula is C15H16BrNO. The van der Waals surface area contributed by atoms with Crippen molar-refractivity contribution >= 4 is 21.7 Å². The van der Waals surface area contributed by atoms with Gasteiger partial charge >= 0.3 is 0 Å². The first-order valence-corrected chi connectivity index (χ1v) is 6.67. The molecule has 0 amide bonds. The molecule has 0 spiro atoms. The van der Waals surface area contributed by atoms with Crippen LogP contribution in [0.25, 0.3) is 0 Å². The number of ketones is 1. The Morgan fingerprint density at radius 3 is 2.22 bits per heavy atom. The van der Waals surface area contributed by atoms with E-state index in [0.29, 0.717) is 11.3 Å². The van der Waals surface area contributed by atoms with E-state index in [1.54, 1.807) is 0 Å². The number of aromatic nitrogens is 1. The van der Waals surface area contributed by atoms with Gasteiger partial charge in [-0.2, -0.15) is 0 Å². The molecule has 2 aromatic rings. The molecule has 0 saturated carbocycles. The highest BCUT2D eigenvalue weighted by Gasteiger charge is 2.17. The fraction of sp³-hybridized carbons (Fsp3) is 0.267. The second-order valence-electron chi connectivity index (χ2n) is 4.72. The van der Waals surface area contributed by atoms with Gasteiger partial charge in [-0.05, 0) is 62.6 Å². The number of benzene rings is 1. The summed E-state index contributed by atoms with van der Waals surface area (Å²) in [5.74, 6) is 0.0492. The van der Waals surface area contributed by atoms with Crippen LogP contribution in [0.15, 0.2) is 22.7 Å². The van der Waals surface area contributed by atoms with Gasteiger partial charge in [0, 0.05) is 15.7 Å². The molecule has 0 unspecified atom stereocenters. The first-order valence-electron chi connectivity index (χ1n) is 5.88. The molecule has 0 fully saturated rings. The molecule has 1 aromatic carbocycles. The molecule has 18 heavy (non-hydrogen) atoms. The Bertz CT molecular complexity index is 605. The van der Waals surface area contributed by atoms with Crippen molar-refractivity contribution in [2.75, 3.05) is 0 Å². The van der Waals surface area contributed by atoms with E-state index in [1.165, 1.54) is 0 Å². The number of H-pyrrole nitrogens is 1. The van der Waals surface area contributed by atoms with Gasteiger partial charge in [-0.1, -0.05) is 15.9 Å². The molecule has 0 radical (unpaired) electrons. The first kappa shape index (κ1) is 13.1. The van der Waals surface area contributed by atoms with Crippen molar-refractivity contribution in [3.05, 3.63) is 56.3 Å². The Morgan fingerprint density at radius 2 is 1.72 bits per heavy atom. The van der Waals surface area contributed by atoms with Crippen molar-refractivity contribution in [1.29, 1.82) is 0 Å². The van der Waals surface area contributed by atoms with E-state index >= 15 is 0 Å². The third-order valence-electron chi connectivity index (χ3n) is 3.34. The summed E-state index contributed by atoms with van der Waals surface area (Å²) in [6.07, 6.45) is 0. The number of nitrogens with one attached hydrogen (secondary N) is 1. The second kappa shape index (κ2) is 4.73. The Labute approximate surface area is 116 Å². The number of aromatic amines is 1. The summed E-state index contributed by atoms with van der Waals surface area (Å²) < 4.78 is 0.934. The van der Waals surface area contributed by atoms with Crippen molar-refractivity contribution in [3.8, 4) is 0 Å². The van der Waals surface area contributed by atoms with E-state index in [-0.39, 0.29) is 5.78 Å². The fourth-order valence-corrected chi connectivity index (χ4v) is 2.69. The van der Waals surface area contributed by atoms with E-state index in [4.69, 9.17) is 0 Å². The van der Waals surface area contributed by atoms with Crippen LogP contribution >= 0.6 is 15.9 Å². The van der Waals surface area contributed by atoms with Crippen LogP contribution in [0.1, 0.15) is 38.4 Å². The lowest BCUT2D eigenvalue weighted by Crippen LogP contribution is -2.04. The third kappa shape index (κ3) is 2.27. The standard InChI is InChI=1S/C15H16BrNO/c1-8-5-12(7-13(16)6-8)15(18)14-10(3)9(2)11(4)17-14/h5-7,17H,1-4H3. The molecule has 2 rings (SSSR count). The van der Waals surface area contributed by atoms with Gasteiger partial charge in [-0.15, -0.1) is 0 Å². The van der Waals surface area contributed by atoms with Crippen molar-refractivity contribution in [1.82, 2.24) is 4.98 Å². The maximum Gasteiger partial charge on any atom is 0.209 e. The maximum atomic E-state index is 12.5. The Morgan fingerprint density at radius 1 is 1.06 bits per heavy atom. The van der Waals surface area contributed by atoms with Gasteiger partial charge < -0.3 is 4.98 Å². The minimum atomic E-state index is 0.0492. The van der Waals surface area contributed by atoms with Gasteiger partial charge in [-0.25, -0.2) is 0 Å². The number of hydrogen-bond acceptors (Lipinski definition) is 1. The van der Waals surface area contributed by atoms with Crippen LogP contribution in [0, 0.1) is 27.7 Å². The summed E-state index contributed by atoms with van der Waals surface area (Å²) in [5.41, 5.74) is 5.74. The zero-order valence-electron chi connectivity index (χ0n) is 11.0. The smallest absolute Gasteiger partial charge is 0.209 e. The van der Waals surface area contributed by atoms with Crippen LogP contribution in [-0.4, -0.2) is 10.8 Å². The average molecular weight is 306 g/mol. The zero-order chi connectivity index (χ0) is 13.4. The predicted octanol–water partition coefficient (Wildman–Crippen LogP) is 4.24. The molecule has 0 aliphatic carbocycles. The van der Waals surface area contributed by atoms with Crippen molar-refractivity contribution in [3.63, 3.8) is 0 Å².